The molecule has 1 aromatic carbocycles. The van der Waals surface area contributed by atoms with E-state index in [-0.39, 0.29) is 10.6 Å². The summed E-state index contributed by atoms with van der Waals surface area (Å²) < 4.78 is 36.9. The number of aliphatic hydroxyl groups excluding tert-OH is 1. The number of hydrogen-bond donors (Lipinski definition) is 1. The Kier molecular flexibility index (Phi) is 3.71. The van der Waals surface area contributed by atoms with Crippen LogP contribution in [0.1, 0.15) is 6.92 Å². The van der Waals surface area contributed by atoms with Crippen LogP contribution in [0.5, 0.6) is 0 Å². The fourth-order valence-corrected chi connectivity index (χ4v) is 2.08. The van der Waals surface area contributed by atoms with Crippen molar-refractivity contribution in [3.05, 3.63) is 29.8 Å². The standard InChI is InChI=1S/C9H10F2O2S/c1-6(12)5-14(13)9-3-2-7(10)4-8(9)11/h2-4,6,12H,5H2,1H3/t6-,14?/m0/s1. The Hall–Kier alpha value is -0.810. The van der Waals surface area contributed by atoms with E-state index in [4.69, 9.17) is 5.11 Å². The molecule has 0 saturated carbocycles. The van der Waals surface area contributed by atoms with Crippen LogP contribution in [-0.2, 0) is 10.8 Å². The molecule has 0 aromatic heterocycles. The molecular formula is C9H10F2O2S. The summed E-state index contributed by atoms with van der Waals surface area (Å²) in [7, 11) is -1.63. The molecule has 0 fully saturated rings. The second kappa shape index (κ2) is 4.61. The maximum absolute atomic E-state index is 13.0. The highest BCUT2D eigenvalue weighted by Gasteiger charge is 2.12. The van der Waals surface area contributed by atoms with E-state index in [1.807, 2.05) is 0 Å². The first kappa shape index (κ1) is 11.3. The molecule has 0 saturated heterocycles. The van der Waals surface area contributed by atoms with Crippen LogP contribution in [-0.4, -0.2) is 21.2 Å². The Morgan fingerprint density at radius 3 is 2.64 bits per heavy atom. The summed E-state index contributed by atoms with van der Waals surface area (Å²) in [4.78, 5) is -0.0766. The van der Waals surface area contributed by atoms with Gasteiger partial charge in [-0.2, -0.15) is 0 Å². The van der Waals surface area contributed by atoms with Crippen molar-refractivity contribution in [3.8, 4) is 0 Å². The smallest absolute Gasteiger partial charge is 0.142 e. The Labute approximate surface area is 83.0 Å². The minimum atomic E-state index is -1.63. The molecule has 0 aliphatic rings. The van der Waals surface area contributed by atoms with Gasteiger partial charge >= 0.3 is 0 Å². The first-order valence-corrected chi connectivity index (χ1v) is 5.34. The van der Waals surface area contributed by atoms with Gasteiger partial charge in [-0.25, -0.2) is 8.78 Å². The van der Waals surface area contributed by atoms with Crippen molar-refractivity contribution in [2.24, 2.45) is 0 Å². The highest BCUT2D eigenvalue weighted by molar-refractivity contribution is 7.85. The van der Waals surface area contributed by atoms with Gasteiger partial charge in [-0.05, 0) is 19.1 Å². The van der Waals surface area contributed by atoms with Gasteiger partial charge in [-0.1, -0.05) is 0 Å². The summed E-state index contributed by atoms with van der Waals surface area (Å²) in [6.45, 7) is 1.46. The zero-order chi connectivity index (χ0) is 10.7. The highest BCUT2D eigenvalue weighted by atomic mass is 32.2. The predicted octanol–water partition coefficient (Wildman–Crippen LogP) is 1.45. The summed E-state index contributed by atoms with van der Waals surface area (Å²) in [6.07, 6.45) is -0.778. The predicted molar refractivity (Wildman–Crippen MR) is 49.3 cm³/mol. The molecule has 0 amide bonds. The van der Waals surface area contributed by atoms with Crippen LogP contribution < -0.4 is 0 Å². The molecule has 1 N–H and O–H groups in total. The fraction of sp³-hybridized carbons (Fsp3) is 0.333. The second-order valence-electron chi connectivity index (χ2n) is 2.94. The number of aliphatic hydroxyl groups is 1. The van der Waals surface area contributed by atoms with Crippen LogP contribution in [0.4, 0.5) is 8.78 Å². The van der Waals surface area contributed by atoms with E-state index >= 15 is 0 Å². The zero-order valence-electron chi connectivity index (χ0n) is 7.54. The van der Waals surface area contributed by atoms with E-state index in [0.717, 1.165) is 12.1 Å². The molecule has 2 nitrogen and oxygen atoms in total. The van der Waals surface area contributed by atoms with Crippen molar-refractivity contribution in [2.45, 2.75) is 17.9 Å². The Balaban J connectivity index is 2.90. The largest absolute Gasteiger partial charge is 0.392 e. The molecular weight excluding hydrogens is 210 g/mol. The molecule has 0 aliphatic carbocycles. The van der Waals surface area contributed by atoms with Crippen molar-refractivity contribution in [3.63, 3.8) is 0 Å². The first-order chi connectivity index (χ1) is 6.50. The van der Waals surface area contributed by atoms with Crippen molar-refractivity contribution < 1.29 is 18.1 Å². The minimum Gasteiger partial charge on any atom is -0.392 e. The molecule has 1 aromatic rings. The number of halogens is 2. The van der Waals surface area contributed by atoms with Gasteiger partial charge in [0.1, 0.15) is 11.6 Å². The van der Waals surface area contributed by atoms with Crippen molar-refractivity contribution in [1.29, 1.82) is 0 Å². The van der Waals surface area contributed by atoms with Crippen LogP contribution in [0.15, 0.2) is 23.1 Å². The van der Waals surface area contributed by atoms with E-state index in [1.54, 1.807) is 0 Å². The lowest BCUT2D eigenvalue weighted by Gasteiger charge is -2.05. The average Bonchev–Trinajstić information content (AvgIpc) is 2.01. The van der Waals surface area contributed by atoms with Crippen molar-refractivity contribution >= 4 is 10.8 Å². The molecule has 14 heavy (non-hydrogen) atoms. The van der Waals surface area contributed by atoms with Gasteiger partial charge in [-0.3, -0.25) is 4.21 Å². The van der Waals surface area contributed by atoms with Gasteiger partial charge in [0.2, 0.25) is 0 Å². The molecule has 1 unspecified atom stereocenters. The van der Waals surface area contributed by atoms with Crippen molar-refractivity contribution in [2.75, 3.05) is 5.75 Å². The van der Waals surface area contributed by atoms with Crippen LogP contribution >= 0.6 is 0 Å². The quantitative estimate of drug-likeness (QED) is 0.837. The van der Waals surface area contributed by atoms with Crippen LogP contribution in [0, 0.1) is 11.6 Å². The van der Waals surface area contributed by atoms with Gasteiger partial charge in [0.25, 0.3) is 0 Å². The SMILES string of the molecule is C[C@H](O)CS(=O)c1ccc(F)cc1F. The highest BCUT2D eigenvalue weighted by Crippen LogP contribution is 2.14. The van der Waals surface area contributed by atoms with Gasteiger partial charge in [-0.15, -0.1) is 0 Å². The number of hydrogen-bond acceptors (Lipinski definition) is 2. The maximum Gasteiger partial charge on any atom is 0.142 e. The Morgan fingerprint density at radius 2 is 2.14 bits per heavy atom. The maximum atomic E-state index is 13.0. The fourth-order valence-electron chi connectivity index (χ4n) is 0.969. The molecule has 0 heterocycles. The summed E-state index contributed by atoms with van der Waals surface area (Å²) in [5, 5.41) is 8.94. The normalized spacial score (nSPS) is 15.1. The molecule has 1 rings (SSSR count). The number of rotatable bonds is 3. The number of benzene rings is 1. The summed E-state index contributed by atoms with van der Waals surface area (Å²) in [5.41, 5.74) is 0. The van der Waals surface area contributed by atoms with Gasteiger partial charge in [0, 0.05) is 6.07 Å². The lowest BCUT2D eigenvalue weighted by Crippen LogP contribution is -2.13. The zero-order valence-corrected chi connectivity index (χ0v) is 8.35. The third kappa shape index (κ3) is 2.85. The minimum absolute atomic E-state index is 0.0530. The second-order valence-corrected chi connectivity index (χ2v) is 4.40. The Bertz CT molecular complexity index is 353. The van der Waals surface area contributed by atoms with Crippen molar-refractivity contribution in [1.82, 2.24) is 0 Å². The van der Waals surface area contributed by atoms with E-state index in [9.17, 15) is 13.0 Å². The molecule has 0 aliphatic heterocycles. The first-order valence-electron chi connectivity index (χ1n) is 4.02. The van der Waals surface area contributed by atoms with Gasteiger partial charge in [0.05, 0.1) is 27.6 Å². The Morgan fingerprint density at radius 1 is 1.50 bits per heavy atom. The van der Waals surface area contributed by atoms with Gasteiger partial charge in [0.15, 0.2) is 0 Å². The molecule has 5 heteroatoms. The summed E-state index contributed by atoms with van der Waals surface area (Å²) >= 11 is 0. The lowest BCUT2D eigenvalue weighted by atomic mass is 10.3. The van der Waals surface area contributed by atoms with Crippen LogP contribution in [0.3, 0.4) is 0 Å². The molecule has 78 valence electrons. The van der Waals surface area contributed by atoms with E-state index in [1.165, 1.54) is 6.92 Å². The monoisotopic (exact) mass is 220 g/mol. The lowest BCUT2D eigenvalue weighted by molar-refractivity contribution is 0.219. The van der Waals surface area contributed by atoms with E-state index < -0.39 is 28.5 Å². The van der Waals surface area contributed by atoms with Crippen LogP contribution in [0.25, 0.3) is 0 Å². The molecule has 0 bridgehead atoms. The molecule has 2 atom stereocenters. The van der Waals surface area contributed by atoms with Gasteiger partial charge < -0.3 is 5.11 Å². The average molecular weight is 220 g/mol. The van der Waals surface area contributed by atoms with Crippen LogP contribution in [0.2, 0.25) is 0 Å². The molecule has 0 spiro atoms. The van der Waals surface area contributed by atoms with E-state index in [0.29, 0.717) is 6.07 Å². The topological polar surface area (TPSA) is 37.3 Å². The third-order valence-corrected chi connectivity index (χ3v) is 3.14. The third-order valence-electron chi connectivity index (χ3n) is 1.53. The summed E-state index contributed by atoms with van der Waals surface area (Å²) in [6, 6.07) is 2.84. The summed E-state index contributed by atoms with van der Waals surface area (Å²) in [5.74, 6) is -1.60. The van der Waals surface area contributed by atoms with E-state index in [2.05, 4.69) is 0 Å². The molecule has 0 radical (unpaired) electrons.